The highest BCUT2D eigenvalue weighted by atomic mass is 16.5. The predicted molar refractivity (Wildman–Crippen MR) is 129 cm³/mol. The summed E-state index contributed by atoms with van der Waals surface area (Å²) in [6.45, 7) is 12.5. The van der Waals surface area contributed by atoms with Crippen molar-refractivity contribution in [1.29, 1.82) is 0 Å². The number of carbonyl (C=O) groups is 1. The van der Waals surface area contributed by atoms with Gasteiger partial charge in [-0.2, -0.15) is 0 Å². The molecule has 0 rings (SSSR count). The maximum atomic E-state index is 11.4. The molecule has 0 aromatic heterocycles. The van der Waals surface area contributed by atoms with Gasteiger partial charge in [-0.25, -0.2) is 5.84 Å². The fourth-order valence-corrected chi connectivity index (χ4v) is 3.60. The lowest BCUT2D eigenvalue weighted by Gasteiger charge is -2.23. The van der Waals surface area contributed by atoms with Gasteiger partial charge in [0, 0.05) is 19.2 Å². The quantitative estimate of drug-likeness (QED) is 0.0782. The molecule has 0 aromatic rings. The number of ether oxygens (including phenoxy) is 1. The SMILES string of the molecule is C=CCCCCCCCN(CCCCCCCC(=O)OCC)CCCN(N)/C=C\C. The van der Waals surface area contributed by atoms with Gasteiger partial charge >= 0.3 is 5.97 Å². The Bertz CT molecular complexity index is 427. The molecule has 30 heavy (non-hydrogen) atoms. The van der Waals surface area contributed by atoms with Gasteiger partial charge in [0.1, 0.15) is 0 Å². The van der Waals surface area contributed by atoms with Crippen LogP contribution in [-0.2, 0) is 9.53 Å². The van der Waals surface area contributed by atoms with E-state index in [2.05, 4.69) is 11.5 Å². The van der Waals surface area contributed by atoms with Gasteiger partial charge in [0.05, 0.1) is 6.61 Å². The Morgan fingerprint density at radius 2 is 1.43 bits per heavy atom. The van der Waals surface area contributed by atoms with Crippen LogP contribution in [-0.4, -0.2) is 48.7 Å². The molecule has 0 aromatic carbocycles. The van der Waals surface area contributed by atoms with Crippen LogP contribution in [0.25, 0.3) is 0 Å². The highest BCUT2D eigenvalue weighted by molar-refractivity contribution is 5.69. The number of carbonyl (C=O) groups excluding carboxylic acids is 1. The van der Waals surface area contributed by atoms with E-state index >= 15 is 0 Å². The Hall–Kier alpha value is -1.33. The summed E-state index contributed by atoms with van der Waals surface area (Å²) in [5.41, 5.74) is 0. The Balaban J connectivity index is 3.97. The molecular weight excluding hydrogens is 374 g/mol. The van der Waals surface area contributed by atoms with Crippen LogP contribution in [0.4, 0.5) is 0 Å². The van der Waals surface area contributed by atoms with Crippen LogP contribution in [0.2, 0.25) is 0 Å². The molecule has 0 saturated heterocycles. The highest BCUT2D eigenvalue weighted by Gasteiger charge is 2.06. The normalized spacial score (nSPS) is 11.3. The molecular formula is C25H49N3O2. The molecule has 0 unspecified atom stereocenters. The predicted octanol–water partition coefficient (Wildman–Crippen LogP) is 5.82. The average Bonchev–Trinajstić information content (AvgIpc) is 2.72. The third kappa shape index (κ3) is 20.0. The molecule has 0 aliphatic rings. The molecule has 0 aliphatic carbocycles. The lowest BCUT2D eigenvalue weighted by atomic mass is 10.1. The molecule has 2 N–H and O–H groups in total. The minimum absolute atomic E-state index is 0.0555. The van der Waals surface area contributed by atoms with Crippen LogP contribution >= 0.6 is 0 Å². The van der Waals surface area contributed by atoms with Crippen LogP contribution in [0.5, 0.6) is 0 Å². The number of hydrogen-bond acceptors (Lipinski definition) is 5. The van der Waals surface area contributed by atoms with Gasteiger partial charge in [0.25, 0.3) is 0 Å². The molecule has 5 heteroatoms. The van der Waals surface area contributed by atoms with Crippen molar-refractivity contribution in [2.45, 2.75) is 97.3 Å². The van der Waals surface area contributed by atoms with Crippen molar-refractivity contribution in [3.05, 3.63) is 24.9 Å². The topological polar surface area (TPSA) is 58.8 Å². The summed E-state index contributed by atoms with van der Waals surface area (Å²) in [6.07, 6.45) is 21.0. The molecule has 0 bridgehead atoms. The number of nitrogens with two attached hydrogens (primary N) is 1. The second kappa shape index (κ2) is 22.4. The van der Waals surface area contributed by atoms with E-state index in [1.807, 2.05) is 32.2 Å². The van der Waals surface area contributed by atoms with Crippen molar-refractivity contribution < 1.29 is 9.53 Å². The fraction of sp³-hybridized carbons (Fsp3) is 0.800. The van der Waals surface area contributed by atoms with Gasteiger partial charge in [0.15, 0.2) is 0 Å². The lowest BCUT2D eigenvalue weighted by Crippen LogP contribution is -2.32. The van der Waals surface area contributed by atoms with E-state index in [1.165, 1.54) is 64.5 Å². The zero-order valence-electron chi connectivity index (χ0n) is 20.0. The summed E-state index contributed by atoms with van der Waals surface area (Å²) >= 11 is 0. The number of hydrazine groups is 1. The molecule has 0 saturated carbocycles. The first-order valence-corrected chi connectivity index (χ1v) is 12.3. The number of hydrogen-bond donors (Lipinski definition) is 1. The zero-order valence-corrected chi connectivity index (χ0v) is 20.0. The third-order valence-corrected chi connectivity index (χ3v) is 5.27. The van der Waals surface area contributed by atoms with Crippen molar-refractivity contribution in [2.24, 2.45) is 5.84 Å². The van der Waals surface area contributed by atoms with Gasteiger partial charge in [-0.15, -0.1) is 6.58 Å². The second-order valence-electron chi connectivity index (χ2n) is 8.08. The number of allylic oxidation sites excluding steroid dienone is 2. The first kappa shape index (κ1) is 28.7. The lowest BCUT2D eigenvalue weighted by molar-refractivity contribution is -0.143. The van der Waals surface area contributed by atoms with Crippen molar-refractivity contribution in [2.75, 3.05) is 32.8 Å². The molecule has 5 nitrogen and oxygen atoms in total. The van der Waals surface area contributed by atoms with Crippen molar-refractivity contribution in [1.82, 2.24) is 9.91 Å². The summed E-state index contributed by atoms with van der Waals surface area (Å²) in [4.78, 5) is 14.0. The van der Waals surface area contributed by atoms with Crippen molar-refractivity contribution >= 4 is 5.97 Å². The molecule has 0 aliphatic heterocycles. The van der Waals surface area contributed by atoms with Gasteiger partial charge in [-0.05, 0) is 72.0 Å². The molecule has 0 atom stereocenters. The van der Waals surface area contributed by atoms with Gasteiger partial charge < -0.3 is 14.6 Å². The maximum absolute atomic E-state index is 11.4. The van der Waals surface area contributed by atoms with Gasteiger partial charge in [-0.1, -0.05) is 50.7 Å². The molecule has 0 heterocycles. The summed E-state index contributed by atoms with van der Waals surface area (Å²) in [5, 5.41) is 1.78. The number of esters is 1. The first-order valence-electron chi connectivity index (χ1n) is 12.3. The number of nitrogens with zero attached hydrogens (tertiary/aromatic N) is 2. The van der Waals surface area contributed by atoms with Crippen LogP contribution < -0.4 is 5.84 Å². The molecule has 0 amide bonds. The van der Waals surface area contributed by atoms with E-state index < -0.39 is 0 Å². The Morgan fingerprint density at radius 1 is 0.867 bits per heavy atom. The summed E-state index contributed by atoms with van der Waals surface area (Å²) in [5.74, 6) is 5.89. The van der Waals surface area contributed by atoms with Crippen LogP contribution in [0.3, 0.4) is 0 Å². The van der Waals surface area contributed by atoms with Crippen LogP contribution in [0, 0.1) is 0 Å². The minimum Gasteiger partial charge on any atom is -0.466 e. The number of unbranched alkanes of at least 4 members (excludes halogenated alkanes) is 9. The Morgan fingerprint density at radius 3 is 2.03 bits per heavy atom. The first-order chi connectivity index (χ1) is 14.6. The minimum atomic E-state index is -0.0555. The average molecular weight is 424 g/mol. The van der Waals surface area contributed by atoms with E-state index in [0.29, 0.717) is 13.0 Å². The maximum Gasteiger partial charge on any atom is 0.305 e. The second-order valence-corrected chi connectivity index (χ2v) is 8.08. The van der Waals surface area contributed by atoms with E-state index in [1.54, 1.807) is 5.01 Å². The molecule has 0 fully saturated rings. The molecule has 0 spiro atoms. The van der Waals surface area contributed by atoms with Crippen molar-refractivity contribution in [3.63, 3.8) is 0 Å². The van der Waals surface area contributed by atoms with E-state index in [4.69, 9.17) is 10.6 Å². The van der Waals surface area contributed by atoms with Crippen LogP contribution in [0.15, 0.2) is 24.9 Å². The summed E-state index contributed by atoms with van der Waals surface area (Å²) in [7, 11) is 0. The number of rotatable bonds is 22. The standard InChI is InChI=1S/C25H49N3O2/c1-4-7-8-9-10-13-16-21-27(23-18-24-28(26)20-5-2)22-17-14-11-12-15-19-25(29)30-6-3/h4-5,20H,1,6-19,21-24,26H2,2-3H3/b20-5-. The Labute approximate surface area is 186 Å². The fourth-order valence-electron chi connectivity index (χ4n) is 3.60. The third-order valence-electron chi connectivity index (χ3n) is 5.27. The van der Waals surface area contributed by atoms with Gasteiger partial charge in [-0.3, -0.25) is 4.79 Å². The van der Waals surface area contributed by atoms with Gasteiger partial charge in [0.2, 0.25) is 0 Å². The molecule has 0 radical (unpaired) electrons. The largest absolute Gasteiger partial charge is 0.466 e. The zero-order chi connectivity index (χ0) is 22.3. The highest BCUT2D eigenvalue weighted by Crippen LogP contribution is 2.10. The van der Waals surface area contributed by atoms with E-state index in [-0.39, 0.29) is 5.97 Å². The summed E-state index contributed by atoms with van der Waals surface area (Å²) in [6, 6.07) is 0. The Kier molecular flexibility index (Phi) is 21.4. The molecule has 176 valence electrons. The summed E-state index contributed by atoms with van der Waals surface area (Å²) < 4.78 is 4.98. The smallest absolute Gasteiger partial charge is 0.305 e. The van der Waals surface area contributed by atoms with Crippen LogP contribution in [0.1, 0.15) is 97.3 Å². The van der Waals surface area contributed by atoms with E-state index in [9.17, 15) is 4.79 Å². The monoisotopic (exact) mass is 423 g/mol. The van der Waals surface area contributed by atoms with E-state index in [0.717, 1.165) is 38.8 Å². The van der Waals surface area contributed by atoms with Crippen molar-refractivity contribution in [3.8, 4) is 0 Å².